The molecule has 2 aromatic rings. The lowest BCUT2D eigenvalue weighted by atomic mass is 9.90. The van der Waals surface area contributed by atoms with Gasteiger partial charge in [-0.1, -0.05) is 27.7 Å². The highest BCUT2D eigenvalue weighted by Crippen LogP contribution is 2.23. The summed E-state index contributed by atoms with van der Waals surface area (Å²) in [5.41, 5.74) is 3.37. The third kappa shape index (κ3) is 3.45. The molecule has 4 heteroatoms. The van der Waals surface area contributed by atoms with E-state index in [1.807, 2.05) is 23.9 Å². The molecule has 0 fully saturated rings. The quantitative estimate of drug-likeness (QED) is 0.930. The number of hydrogen-bond donors (Lipinski definition) is 1. The molecule has 0 bridgehead atoms. The third-order valence-corrected chi connectivity index (χ3v) is 3.18. The van der Waals surface area contributed by atoms with Crippen molar-refractivity contribution in [3.63, 3.8) is 0 Å². The summed E-state index contributed by atoms with van der Waals surface area (Å²) in [7, 11) is 0. The molecular formula is C16H24N4. The first kappa shape index (κ1) is 14.7. The Morgan fingerprint density at radius 2 is 2.00 bits per heavy atom. The van der Waals surface area contributed by atoms with Crippen LogP contribution in [0.5, 0.6) is 0 Å². The van der Waals surface area contributed by atoms with Crippen LogP contribution in [0.25, 0.3) is 5.82 Å². The van der Waals surface area contributed by atoms with Crippen LogP contribution in [-0.4, -0.2) is 21.3 Å². The minimum absolute atomic E-state index is 0.0270. The minimum atomic E-state index is 0.0270. The Morgan fingerprint density at radius 3 is 2.55 bits per heavy atom. The molecule has 20 heavy (non-hydrogen) atoms. The molecule has 0 aromatic carbocycles. The summed E-state index contributed by atoms with van der Waals surface area (Å²) in [6, 6.07) is 6.28. The molecule has 1 N–H and O–H groups in total. The monoisotopic (exact) mass is 272 g/mol. The number of aryl methyl sites for hydroxylation is 1. The molecule has 0 aliphatic heterocycles. The van der Waals surface area contributed by atoms with E-state index >= 15 is 0 Å². The van der Waals surface area contributed by atoms with Gasteiger partial charge < -0.3 is 5.32 Å². The predicted molar refractivity (Wildman–Crippen MR) is 82.2 cm³/mol. The predicted octanol–water partition coefficient (Wildman–Crippen LogP) is 2.98. The lowest BCUT2D eigenvalue weighted by Crippen LogP contribution is -2.18. The smallest absolute Gasteiger partial charge is 0.153 e. The van der Waals surface area contributed by atoms with E-state index in [2.05, 4.69) is 50.2 Å². The van der Waals surface area contributed by atoms with Gasteiger partial charge in [-0.2, -0.15) is 5.10 Å². The standard InChI is InChI=1S/C16H24N4/c1-6-17-11-13-9-14(16(3,4)5)18-15(10-13)20-8-7-12(2)19-20/h7-10,17H,6,11H2,1-5H3. The van der Waals surface area contributed by atoms with E-state index in [4.69, 9.17) is 4.98 Å². The van der Waals surface area contributed by atoms with Crippen molar-refractivity contribution in [2.45, 2.75) is 46.6 Å². The maximum absolute atomic E-state index is 4.77. The van der Waals surface area contributed by atoms with Crippen LogP contribution in [0.1, 0.15) is 44.6 Å². The first-order chi connectivity index (χ1) is 9.40. The largest absolute Gasteiger partial charge is 0.313 e. The molecule has 0 saturated heterocycles. The van der Waals surface area contributed by atoms with Crippen molar-refractivity contribution < 1.29 is 0 Å². The molecule has 0 amide bonds. The van der Waals surface area contributed by atoms with Gasteiger partial charge >= 0.3 is 0 Å². The van der Waals surface area contributed by atoms with Gasteiger partial charge in [0.15, 0.2) is 5.82 Å². The van der Waals surface area contributed by atoms with Gasteiger partial charge in [0.25, 0.3) is 0 Å². The summed E-state index contributed by atoms with van der Waals surface area (Å²) in [6.07, 6.45) is 1.96. The summed E-state index contributed by atoms with van der Waals surface area (Å²) in [5, 5.41) is 7.83. The SMILES string of the molecule is CCNCc1cc(-n2ccc(C)n2)nc(C(C)(C)C)c1. The first-order valence-electron chi connectivity index (χ1n) is 7.15. The highest BCUT2D eigenvalue weighted by atomic mass is 15.3. The zero-order valence-corrected chi connectivity index (χ0v) is 13.1. The number of aromatic nitrogens is 3. The molecule has 2 aromatic heterocycles. The van der Waals surface area contributed by atoms with Crippen LogP contribution in [-0.2, 0) is 12.0 Å². The molecule has 0 saturated carbocycles. The van der Waals surface area contributed by atoms with Crippen LogP contribution in [0.15, 0.2) is 24.4 Å². The van der Waals surface area contributed by atoms with Gasteiger partial charge in [-0.3, -0.25) is 0 Å². The number of nitrogens with one attached hydrogen (secondary N) is 1. The molecule has 108 valence electrons. The van der Waals surface area contributed by atoms with Crippen molar-refractivity contribution in [3.8, 4) is 5.82 Å². The first-order valence-corrected chi connectivity index (χ1v) is 7.15. The molecule has 4 nitrogen and oxygen atoms in total. The van der Waals surface area contributed by atoms with Crippen molar-refractivity contribution in [2.75, 3.05) is 6.54 Å². The minimum Gasteiger partial charge on any atom is -0.313 e. The van der Waals surface area contributed by atoms with Crippen molar-refractivity contribution >= 4 is 0 Å². The van der Waals surface area contributed by atoms with Crippen LogP contribution in [0.2, 0.25) is 0 Å². The molecule has 2 rings (SSSR count). The fourth-order valence-electron chi connectivity index (χ4n) is 1.99. The van der Waals surface area contributed by atoms with Gasteiger partial charge in [-0.15, -0.1) is 0 Å². The maximum atomic E-state index is 4.77. The van der Waals surface area contributed by atoms with Gasteiger partial charge in [0.1, 0.15) is 0 Å². The Hall–Kier alpha value is -1.68. The van der Waals surface area contributed by atoms with Crippen molar-refractivity contribution in [1.82, 2.24) is 20.1 Å². The Kier molecular flexibility index (Phi) is 4.23. The summed E-state index contributed by atoms with van der Waals surface area (Å²) in [5.74, 6) is 0.887. The molecule has 0 spiro atoms. The summed E-state index contributed by atoms with van der Waals surface area (Å²) >= 11 is 0. The Bertz CT molecular complexity index is 578. The lowest BCUT2D eigenvalue weighted by Gasteiger charge is -2.20. The summed E-state index contributed by atoms with van der Waals surface area (Å²) < 4.78 is 1.85. The molecule has 0 radical (unpaired) electrons. The molecule has 0 atom stereocenters. The van der Waals surface area contributed by atoms with E-state index in [9.17, 15) is 0 Å². The van der Waals surface area contributed by atoms with Gasteiger partial charge in [0.05, 0.1) is 5.69 Å². The van der Waals surface area contributed by atoms with Crippen LogP contribution >= 0.6 is 0 Å². The zero-order valence-electron chi connectivity index (χ0n) is 13.1. The second kappa shape index (κ2) is 5.75. The van der Waals surface area contributed by atoms with Crippen molar-refractivity contribution in [1.29, 1.82) is 0 Å². The van der Waals surface area contributed by atoms with E-state index in [-0.39, 0.29) is 5.41 Å². The van der Waals surface area contributed by atoms with Gasteiger partial charge in [0, 0.05) is 23.9 Å². The highest BCUT2D eigenvalue weighted by Gasteiger charge is 2.17. The molecular weight excluding hydrogens is 248 g/mol. The normalized spacial score (nSPS) is 11.8. The molecule has 0 aliphatic rings. The van der Waals surface area contributed by atoms with Gasteiger partial charge in [0.2, 0.25) is 0 Å². The average molecular weight is 272 g/mol. The Morgan fingerprint density at radius 1 is 1.25 bits per heavy atom. The topological polar surface area (TPSA) is 42.7 Å². The van der Waals surface area contributed by atoms with Crippen molar-refractivity contribution in [2.24, 2.45) is 0 Å². The van der Waals surface area contributed by atoms with Gasteiger partial charge in [-0.05, 0) is 37.2 Å². The van der Waals surface area contributed by atoms with E-state index < -0.39 is 0 Å². The summed E-state index contributed by atoms with van der Waals surface area (Å²) in [6.45, 7) is 12.5. The molecule has 2 heterocycles. The van der Waals surface area contributed by atoms with E-state index in [0.717, 1.165) is 30.3 Å². The Labute approximate surface area is 121 Å². The second-order valence-electron chi connectivity index (χ2n) is 6.15. The second-order valence-corrected chi connectivity index (χ2v) is 6.15. The maximum Gasteiger partial charge on any atom is 0.153 e. The lowest BCUT2D eigenvalue weighted by molar-refractivity contribution is 0.563. The number of hydrogen-bond acceptors (Lipinski definition) is 3. The molecule has 0 aliphatic carbocycles. The average Bonchev–Trinajstić information content (AvgIpc) is 2.82. The van der Waals surface area contributed by atoms with E-state index in [1.54, 1.807) is 0 Å². The van der Waals surface area contributed by atoms with Crippen LogP contribution < -0.4 is 5.32 Å². The van der Waals surface area contributed by atoms with Crippen LogP contribution in [0.3, 0.4) is 0 Å². The third-order valence-electron chi connectivity index (χ3n) is 3.18. The van der Waals surface area contributed by atoms with Crippen LogP contribution in [0.4, 0.5) is 0 Å². The fraction of sp³-hybridized carbons (Fsp3) is 0.500. The number of nitrogens with zero attached hydrogens (tertiary/aromatic N) is 3. The fourth-order valence-corrected chi connectivity index (χ4v) is 1.99. The van der Waals surface area contributed by atoms with Crippen LogP contribution in [0, 0.1) is 6.92 Å². The highest BCUT2D eigenvalue weighted by molar-refractivity contribution is 5.33. The number of rotatable bonds is 4. The van der Waals surface area contributed by atoms with E-state index in [1.165, 1.54) is 5.56 Å². The summed E-state index contributed by atoms with van der Waals surface area (Å²) in [4.78, 5) is 4.77. The number of pyridine rings is 1. The van der Waals surface area contributed by atoms with Crippen molar-refractivity contribution in [3.05, 3.63) is 41.3 Å². The Balaban J connectivity index is 2.45. The van der Waals surface area contributed by atoms with E-state index in [0.29, 0.717) is 0 Å². The zero-order chi connectivity index (χ0) is 14.8. The van der Waals surface area contributed by atoms with Gasteiger partial charge in [-0.25, -0.2) is 9.67 Å². The molecule has 0 unspecified atom stereocenters.